The highest BCUT2D eigenvalue weighted by Crippen LogP contribution is 2.35. The number of nitro groups is 1. The SMILES string of the molecule is Nc1ccc(C(=O)OCC(=O)N2CCC[C@H]3CCCC[C@@H]32)cc1[N+](=O)[O-]. The summed E-state index contributed by atoms with van der Waals surface area (Å²) in [5.74, 6) is -0.407. The van der Waals surface area contributed by atoms with Crippen molar-refractivity contribution in [2.45, 2.75) is 44.6 Å². The van der Waals surface area contributed by atoms with Gasteiger partial charge in [-0.05, 0) is 43.7 Å². The summed E-state index contributed by atoms with van der Waals surface area (Å²) < 4.78 is 5.10. The maximum absolute atomic E-state index is 12.5. The summed E-state index contributed by atoms with van der Waals surface area (Å²) >= 11 is 0. The standard InChI is InChI=1S/C18H23N3O5/c19-14-8-7-13(10-16(14)21(24)25)18(23)26-11-17(22)20-9-3-5-12-4-1-2-6-15(12)20/h7-8,10,12,15H,1-6,9,11,19H2/t12-,15+/m1/s1. The molecule has 0 radical (unpaired) electrons. The van der Waals surface area contributed by atoms with Crippen LogP contribution in [0.15, 0.2) is 18.2 Å². The number of piperidine rings is 1. The van der Waals surface area contributed by atoms with E-state index in [9.17, 15) is 19.7 Å². The first-order valence-electron chi connectivity index (χ1n) is 8.98. The Balaban J connectivity index is 1.61. The number of rotatable bonds is 4. The lowest BCUT2D eigenvalue weighted by Gasteiger charge is -2.44. The lowest BCUT2D eigenvalue weighted by molar-refractivity contribution is -0.383. The zero-order valence-electron chi connectivity index (χ0n) is 14.6. The van der Waals surface area contributed by atoms with Crippen LogP contribution < -0.4 is 5.73 Å². The number of hydrogen-bond donors (Lipinski definition) is 1. The molecular weight excluding hydrogens is 338 g/mol. The highest BCUT2D eigenvalue weighted by atomic mass is 16.6. The predicted octanol–water partition coefficient (Wildman–Crippen LogP) is 2.52. The molecule has 2 atom stereocenters. The van der Waals surface area contributed by atoms with Gasteiger partial charge in [-0.2, -0.15) is 0 Å². The van der Waals surface area contributed by atoms with E-state index in [0.29, 0.717) is 12.5 Å². The lowest BCUT2D eigenvalue weighted by atomic mass is 9.78. The number of carbonyl (C=O) groups is 2. The van der Waals surface area contributed by atoms with Crippen LogP contribution in [0.4, 0.5) is 11.4 Å². The molecule has 1 amide bonds. The van der Waals surface area contributed by atoms with Gasteiger partial charge < -0.3 is 15.4 Å². The second-order valence-electron chi connectivity index (χ2n) is 6.95. The van der Waals surface area contributed by atoms with Crippen molar-refractivity contribution in [2.75, 3.05) is 18.9 Å². The van der Waals surface area contributed by atoms with Crippen LogP contribution in [-0.2, 0) is 9.53 Å². The molecule has 8 nitrogen and oxygen atoms in total. The van der Waals surface area contributed by atoms with E-state index in [1.807, 2.05) is 4.90 Å². The fourth-order valence-corrected chi connectivity index (χ4v) is 4.06. The third-order valence-electron chi connectivity index (χ3n) is 5.35. The maximum Gasteiger partial charge on any atom is 0.338 e. The Hall–Kier alpha value is -2.64. The Morgan fingerprint density at radius 3 is 2.73 bits per heavy atom. The zero-order chi connectivity index (χ0) is 18.7. The van der Waals surface area contributed by atoms with Gasteiger partial charge in [-0.3, -0.25) is 14.9 Å². The fourth-order valence-electron chi connectivity index (χ4n) is 4.06. The summed E-state index contributed by atoms with van der Waals surface area (Å²) in [4.78, 5) is 36.8. The monoisotopic (exact) mass is 361 g/mol. The van der Waals surface area contributed by atoms with E-state index in [2.05, 4.69) is 0 Å². The summed E-state index contributed by atoms with van der Waals surface area (Å²) in [5, 5.41) is 10.9. The number of amides is 1. The molecule has 1 aromatic rings. The highest BCUT2D eigenvalue weighted by molar-refractivity contribution is 5.92. The molecule has 8 heteroatoms. The van der Waals surface area contributed by atoms with Crippen molar-refractivity contribution in [3.63, 3.8) is 0 Å². The number of nitrogen functional groups attached to an aromatic ring is 1. The maximum atomic E-state index is 12.5. The van der Waals surface area contributed by atoms with Crippen LogP contribution in [0.2, 0.25) is 0 Å². The Morgan fingerprint density at radius 2 is 1.96 bits per heavy atom. The minimum absolute atomic E-state index is 0.00730. The van der Waals surface area contributed by atoms with E-state index in [4.69, 9.17) is 10.5 Å². The number of fused-ring (bicyclic) bond motifs is 1. The van der Waals surface area contributed by atoms with E-state index in [-0.39, 0.29) is 35.5 Å². The van der Waals surface area contributed by atoms with Crippen molar-refractivity contribution in [1.29, 1.82) is 0 Å². The van der Waals surface area contributed by atoms with Crippen molar-refractivity contribution in [1.82, 2.24) is 4.90 Å². The van der Waals surface area contributed by atoms with Gasteiger partial charge in [-0.1, -0.05) is 12.8 Å². The number of benzene rings is 1. The first kappa shape index (κ1) is 18.2. The number of anilines is 1. The molecule has 1 heterocycles. The molecule has 26 heavy (non-hydrogen) atoms. The molecular formula is C18H23N3O5. The molecule has 1 aliphatic carbocycles. The van der Waals surface area contributed by atoms with Crippen LogP contribution in [0.3, 0.4) is 0 Å². The molecule has 0 bridgehead atoms. The number of nitrogens with two attached hydrogens (primary N) is 1. The van der Waals surface area contributed by atoms with Gasteiger partial charge in [0.1, 0.15) is 5.69 Å². The van der Waals surface area contributed by atoms with Gasteiger partial charge in [0.2, 0.25) is 0 Å². The van der Waals surface area contributed by atoms with Crippen LogP contribution >= 0.6 is 0 Å². The van der Waals surface area contributed by atoms with E-state index in [1.165, 1.54) is 18.6 Å². The van der Waals surface area contributed by atoms with E-state index in [0.717, 1.165) is 38.2 Å². The number of esters is 1. The summed E-state index contributed by atoms with van der Waals surface area (Å²) in [6, 6.07) is 3.96. The van der Waals surface area contributed by atoms with Crippen molar-refractivity contribution in [3.05, 3.63) is 33.9 Å². The van der Waals surface area contributed by atoms with Crippen LogP contribution in [0.25, 0.3) is 0 Å². The minimum Gasteiger partial charge on any atom is -0.452 e. The average Bonchev–Trinajstić information content (AvgIpc) is 2.65. The van der Waals surface area contributed by atoms with Crippen LogP contribution in [0, 0.1) is 16.0 Å². The molecule has 0 unspecified atom stereocenters. The van der Waals surface area contributed by atoms with Gasteiger partial charge in [0.15, 0.2) is 6.61 Å². The van der Waals surface area contributed by atoms with Crippen LogP contribution in [0.1, 0.15) is 48.9 Å². The van der Waals surface area contributed by atoms with E-state index in [1.54, 1.807) is 0 Å². The quantitative estimate of drug-likeness (QED) is 0.381. The normalized spacial score (nSPS) is 22.4. The smallest absolute Gasteiger partial charge is 0.338 e. The molecule has 3 rings (SSSR count). The molecule has 1 aromatic carbocycles. The van der Waals surface area contributed by atoms with Crippen LogP contribution in [-0.4, -0.2) is 40.9 Å². The molecule has 1 aliphatic heterocycles. The number of ether oxygens (including phenoxy) is 1. The molecule has 1 saturated heterocycles. The number of hydrogen-bond acceptors (Lipinski definition) is 6. The van der Waals surface area contributed by atoms with Gasteiger partial charge in [-0.25, -0.2) is 4.79 Å². The van der Waals surface area contributed by atoms with Crippen molar-refractivity contribution in [2.24, 2.45) is 5.92 Å². The number of likely N-dealkylation sites (tertiary alicyclic amines) is 1. The molecule has 0 spiro atoms. The lowest BCUT2D eigenvalue weighted by Crippen LogP contribution is -2.50. The van der Waals surface area contributed by atoms with Crippen molar-refractivity contribution in [3.8, 4) is 0 Å². The molecule has 2 fully saturated rings. The third kappa shape index (κ3) is 3.79. The second-order valence-corrected chi connectivity index (χ2v) is 6.95. The molecule has 0 aromatic heterocycles. The number of nitrogens with zero attached hydrogens (tertiary/aromatic N) is 2. The largest absolute Gasteiger partial charge is 0.452 e. The van der Waals surface area contributed by atoms with Crippen LogP contribution in [0.5, 0.6) is 0 Å². The second kappa shape index (κ2) is 7.72. The predicted molar refractivity (Wildman–Crippen MR) is 94.5 cm³/mol. The molecule has 1 saturated carbocycles. The first-order chi connectivity index (χ1) is 12.5. The summed E-state index contributed by atoms with van der Waals surface area (Å²) in [7, 11) is 0. The third-order valence-corrected chi connectivity index (χ3v) is 5.35. The van der Waals surface area contributed by atoms with Gasteiger partial charge in [0, 0.05) is 18.7 Å². The summed E-state index contributed by atoms with van der Waals surface area (Å²) in [6.45, 7) is 0.352. The van der Waals surface area contributed by atoms with E-state index >= 15 is 0 Å². The zero-order valence-corrected chi connectivity index (χ0v) is 14.6. The molecule has 2 aliphatic rings. The van der Waals surface area contributed by atoms with Gasteiger partial charge in [0.25, 0.3) is 11.6 Å². The van der Waals surface area contributed by atoms with E-state index < -0.39 is 10.9 Å². The Morgan fingerprint density at radius 1 is 1.23 bits per heavy atom. The topological polar surface area (TPSA) is 116 Å². The number of carbonyl (C=O) groups excluding carboxylic acids is 2. The van der Waals surface area contributed by atoms with Gasteiger partial charge in [0.05, 0.1) is 10.5 Å². The Bertz CT molecular complexity index is 719. The summed E-state index contributed by atoms with van der Waals surface area (Å²) in [6.07, 6.45) is 6.64. The minimum atomic E-state index is -0.765. The van der Waals surface area contributed by atoms with Crippen molar-refractivity contribution < 1.29 is 19.2 Å². The summed E-state index contributed by atoms with van der Waals surface area (Å²) in [5.41, 5.74) is 5.14. The van der Waals surface area contributed by atoms with Crippen molar-refractivity contribution >= 4 is 23.3 Å². The molecule has 140 valence electrons. The highest BCUT2D eigenvalue weighted by Gasteiger charge is 2.35. The Kier molecular flexibility index (Phi) is 5.39. The van der Waals surface area contributed by atoms with Gasteiger partial charge in [-0.15, -0.1) is 0 Å². The molecule has 2 N–H and O–H groups in total. The van der Waals surface area contributed by atoms with Gasteiger partial charge >= 0.3 is 5.97 Å². The first-order valence-corrected chi connectivity index (χ1v) is 8.98. The fraction of sp³-hybridized carbons (Fsp3) is 0.556. The Labute approximate surface area is 151 Å². The number of nitro benzene ring substituents is 1. The average molecular weight is 361 g/mol.